The van der Waals surface area contributed by atoms with Crippen molar-refractivity contribution in [1.82, 2.24) is 0 Å². The van der Waals surface area contributed by atoms with E-state index in [9.17, 15) is 9.59 Å². The van der Waals surface area contributed by atoms with Crippen molar-refractivity contribution in [1.29, 1.82) is 0 Å². The zero-order valence-corrected chi connectivity index (χ0v) is 12.9. The van der Waals surface area contributed by atoms with Crippen LogP contribution in [0.2, 0.25) is 0 Å². The highest BCUT2D eigenvalue weighted by atomic mass is 16.6. The first-order valence-corrected chi connectivity index (χ1v) is 7.28. The summed E-state index contributed by atoms with van der Waals surface area (Å²) in [6.45, 7) is 2.09. The summed E-state index contributed by atoms with van der Waals surface area (Å²) in [5.41, 5.74) is 1.35. The molecule has 0 fully saturated rings. The molecule has 0 aliphatic heterocycles. The lowest BCUT2D eigenvalue weighted by atomic mass is 10.2. The van der Waals surface area contributed by atoms with E-state index >= 15 is 0 Å². The minimum atomic E-state index is -0.455. The predicted molar refractivity (Wildman–Crippen MR) is 84.1 cm³/mol. The molecule has 0 atom stereocenters. The van der Waals surface area contributed by atoms with Gasteiger partial charge in [-0.15, -0.1) is 0 Å². The minimum absolute atomic E-state index is 0.189. The van der Waals surface area contributed by atoms with E-state index in [0.717, 1.165) is 5.56 Å². The van der Waals surface area contributed by atoms with Crippen LogP contribution in [0.25, 0.3) is 0 Å². The molecule has 5 heteroatoms. The zero-order chi connectivity index (χ0) is 16.5. The molecular formula is C18H18O5. The minimum Gasteiger partial charge on any atom is -0.482 e. The standard InChI is InChI=1S/C18H18O5/c1-2-21-18(20)15-8-10-16(11-9-15)22-13-17(19)23-12-14-6-4-3-5-7-14/h3-11H,2,12-13H2,1H3. The lowest BCUT2D eigenvalue weighted by Crippen LogP contribution is -2.14. The van der Waals surface area contributed by atoms with Crippen LogP contribution in [0, 0.1) is 0 Å². The largest absolute Gasteiger partial charge is 0.482 e. The van der Waals surface area contributed by atoms with Gasteiger partial charge in [0.25, 0.3) is 0 Å². The molecule has 0 aliphatic carbocycles. The van der Waals surface area contributed by atoms with E-state index in [0.29, 0.717) is 17.9 Å². The second-order valence-electron chi connectivity index (χ2n) is 4.68. The third-order valence-electron chi connectivity index (χ3n) is 2.96. The van der Waals surface area contributed by atoms with E-state index in [1.54, 1.807) is 31.2 Å². The summed E-state index contributed by atoms with van der Waals surface area (Å²) >= 11 is 0. The maximum Gasteiger partial charge on any atom is 0.344 e. The van der Waals surface area contributed by atoms with Gasteiger partial charge in [-0.1, -0.05) is 30.3 Å². The van der Waals surface area contributed by atoms with Crippen LogP contribution in [0.3, 0.4) is 0 Å². The molecule has 2 aromatic carbocycles. The molecule has 23 heavy (non-hydrogen) atoms. The molecule has 0 unspecified atom stereocenters. The molecule has 0 aliphatic rings. The summed E-state index contributed by atoms with van der Waals surface area (Å²) in [5.74, 6) is -0.362. The molecule has 0 saturated heterocycles. The Morgan fingerprint density at radius 3 is 2.26 bits per heavy atom. The average molecular weight is 314 g/mol. The lowest BCUT2D eigenvalue weighted by molar-refractivity contribution is -0.147. The zero-order valence-electron chi connectivity index (χ0n) is 12.9. The van der Waals surface area contributed by atoms with E-state index in [4.69, 9.17) is 14.2 Å². The van der Waals surface area contributed by atoms with Gasteiger partial charge >= 0.3 is 11.9 Å². The summed E-state index contributed by atoms with van der Waals surface area (Å²) in [6, 6.07) is 15.8. The second-order valence-corrected chi connectivity index (χ2v) is 4.68. The highest BCUT2D eigenvalue weighted by Gasteiger charge is 2.08. The van der Waals surface area contributed by atoms with Gasteiger partial charge in [0.15, 0.2) is 6.61 Å². The molecule has 2 aromatic rings. The predicted octanol–water partition coefficient (Wildman–Crippen LogP) is 2.99. The van der Waals surface area contributed by atoms with Gasteiger partial charge in [-0.3, -0.25) is 0 Å². The van der Waals surface area contributed by atoms with Crippen LogP contribution in [0.15, 0.2) is 54.6 Å². The molecule has 0 heterocycles. The van der Waals surface area contributed by atoms with Crippen LogP contribution >= 0.6 is 0 Å². The van der Waals surface area contributed by atoms with Gasteiger partial charge in [0, 0.05) is 0 Å². The summed E-state index contributed by atoms with van der Waals surface area (Å²) in [4.78, 5) is 23.1. The molecule has 0 radical (unpaired) electrons. The van der Waals surface area contributed by atoms with Crippen LogP contribution in [0.5, 0.6) is 5.75 Å². The Morgan fingerprint density at radius 2 is 1.61 bits per heavy atom. The molecule has 0 amide bonds. The van der Waals surface area contributed by atoms with E-state index in [2.05, 4.69) is 0 Å². The molecule has 0 aromatic heterocycles. The highest BCUT2D eigenvalue weighted by molar-refractivity contribution is 5.89. The summed E-state index contributed by atoms with van der Waals surface area (Å²) in [5, 5.41) is 0. The average Bonchev–Trinajstić information content (AvgIpc) is 2.59. The molecule has 0 N–H and O–H groups in total. The van der Waals surface area contributed by atoms with Crippen LogP contribution in [0.4, 0.5) is 0 Å². The normalized spacial score (nSPS) is 9.96. The number of carbonyl (C=O) groups excluding carboxylic acids is 2. The topological polar surface area (TPSA) is 61.8 Å². The molecule has 2 rings (SSSR count). The van der Waals surface area contributed by atoms with Crippen LogP contribution in [-0.2, 0) is 20.9 Å². The number of hydrogen-bond donors (Lipinski definition) is 0. The Morgan fingerprint density at radius 1 is 0.913 bits per heavy atom. The van der Waals surface area contributed by atoms with Gasteiger partial charge in [0.1, 0.15) is 12.4 Å². The van der Waals surface area contributed by atoms with Crippen molar-refractivity contribution in [3.8, 4) is 5.75 Å². The van der Waals surface area contributed by atoms with Gasteiger partial charge < -0.3 is 14.2 Å². The summed E-state index contributed by atoms with van der Waals surface area (Å²) in [7, 11) is 0. The van der Waals surface area contributed by atoms with Crippen molar-refractivity contribution < 1.29 is 23.8 Å². The third kappa shape index (κ3) is 5.47. The Kier molecular flexibility index (Phi) is 6.17. The number of hydrogen-bond acceptors (Lipinski definition) is 5. The van der Waals surface area contributed by atoms with Crippen LogP contribution in [-0.4, -0.2) is 25.2 Å². The maximum absolute atomic E-state index is 11.6. The third-order valence-corrected chi connectivity index (χ3v) is 2.96. The summed E-state index contributed by atoms with van der Waals surface area (Å²) in [6.07, 6.45) is 0. The molecule has 0 spiro atoms. The lowest BCUT2D eigenvalue weighted by Gasteiger charge is -2.08. The van der Waals surface area contributed by atoms with Gasteiger partial charge in [-0.25, -0.2) is 9.59 Å². The Balaban J connectivity index is 1.77. The number of ether oxygens (including phenoxy) is 3. The molecule has 0 bridgehead atoms. The fourth-order valence-corrected chi connectivity index (χ4v) is 1.82. The van der Waals surface area contributed by atoms with Gasteiger partial charge in [-0.2, -0.15) is 0 Å². The number of benzene rings is 2. The first-order chi connectivity index (χ1) is 11.2. The van der Waals surface area contributed by atoms with E-state index in [-0.39, 0.29) is 19.2 Å². The fraction of sp³-hybridized carbons (Fsp3) is 0.222. The summed E-state index contributed by atoms with van der Waals surface area (Å²) < 4.78 is 15.3. The number of rotatable bonds is 7. The van der Waals surface area contributed by atoms with Crippen molar-refractivity contribution in [3.05, 3.63) is 65.7 Å². The van der Waals surface area contributed by atoms with Gasteiger partial charge in [0.05, 0.1) is 12.2 Å². The van der Waals surface area contributed by atoms with Crippen molar-refractivity contribution >= 4 is 11.9 Å². The smallest absolute Gasteiger partial charge is 0.344 e. The second kappa shape index (κ2) is 8.58. The van der Waals surface area contributed by atoms with Crippen molar-refractivity contribution in [2.45, 2.75) is 13.5 Å². The fourth-order valence-electron chi connectivity index (χ4n) is 1.82. The Hall–Kier alpha value is -2.82. The van der Waals surface area contributed by atoms with Crippen molar-refractivity contribution in [2.75, 3.05) is 13.2 Å². The first-order valence-electron chi connectivity index (χ1n) is 7.28. The van der Waals surface area contributed by atoms with Crippen LogP contribution < -0.4 is 4.74 Å². The highest BCUT2D eigenvalue weighted by Crippen LogP contribution is 2.13. The Bertz CT molecular complexity index is 634. The quantitative estimate of drug-likeness (QED) is 0.735. The number of carbonyl (C=O) groups is 2. The van der Waals surface area contributed by atoms with Crippen molar-refractivity contribution in [2.24, 2.45) is 0 Å². The van der Waals surface area contributed by atoms with E-state index in [1.807, 2.05) is 30.3 Å². The van der Waals surface area contributed by atoms with E-state index < -0.39 is 5.97 Å². The van der Waals surface area contributed by atoms with Gasteiger partial charge in [-0.05, 0) is 36.8 Å². The number of esters is 2. The van der Waals surface area contributed by atoms with Gasteiger partial charge in [0.2, 0.25) is 0 Å². The SMILES string of the molecule is CCOC(=O)c1ccc(OCC(=O)OCc2ccccc2)cc1. The molecule has 5 nitrogen and oxygen atoms in total. The molecule has 120 valence electrons. The van der Waals surface area contributed by atoms with Crippen LogP contribution in [0.1, 0.15) is 22.8 Å². The maximum atomic E-state index is 11.6. The monoisotopic (exact) mass is 314 g/mol. The Labute approximate surface area is 134 Å². The first kappa shape index (κ1) is 16.5. The van der Waals surface area contributed by atoms with E-state index in [1.165, 1.54) is 0 Å². The molecule has 0 saturated carbocycles. The van der Waals surface area contributed by atoms with Crippen molar-refractivity contribution in [3.63, 3.8) is 0 Å². The molecular weight excluding hydrogens is 296 g/mol.